The Bertz CT molecular complexity index is 1040. The number of rotatable bonds is 10. The molecule has 0 bridgehead atoms. The summed E-state index contributed by atoms with van der Waals surface area (Å²) in [5, 5.41) is 12.9. The van der Waals surface area contributed by atoms with Gasteiger partial charge in [-0.2, -0.15) is 0 Å². The fourth-order valence-electron chi connectivity index (χ4n) is 4.54. The summed E-state index contributed by atoms with van der Waals surface area (Å²) in [6.45, 7) is 8.87. The topological polar surface area (TPSA) is 46.4 Å². The van der Waals surface area contributed by atoms with Crippen molar-refractivity contribution in [3.05, 3.63) is 71.0 Å². The maximum Gasteiger partial charge on any atom is 0.199 e. The van der Waals surface area contributed by atoms with E-state index in [1.54, 1.807) is 0 Å². The first-order valence-electron chi connectivity index (χ1n) is 12.8. The summed E-state index contributed by atoms with van der Waals surface area (Å²) in [4.78, 5) is 15.2. The molecule has 0 N–H and O–H groups in total. The average molecular weight is 461 g/mol. The van der Waals surface area contributed by atoms with Gasteiger partial charge >= 0.3 is 0 Å². The molecule has 0 saturated heterocycles. The number of hydrogen-bond acceptors (Lipinski definition) is 3. The van der Waals surface area contributed by atoms with Gasteiger partial charge < -0.3 is 10.0 Å². The molecule has 182 valence electrons. The molecule has 0 heterocycles. The number of unbranched alkanes of at least 4 members (excludes halogenated alkanes) is 2. The van der Waals surface area contributed by atoms with Crippen LogP contribution in [0, 0.1) is 0 Å². The van der Waals surface area contributed by atoms with Crippen LogP contribution in [0.3, 0.4) is 0 Å². The van der Waals surface area contributed by atoms with E-state index < -0.39 is 0 Å². The highest BCUT2D eigenvalue weighted by Crippen LogP contribution is 2.38. The van der Waals surface area contributed by atoms with Crippen LogP contribution in [0.2, 0.25) is 0 Å². The van der Waals surface area contributed by atoms with Crippen LogP contribution in [0.1, 0.15) is 71.8 Å². The third kappa shape index (κ3) is 5.43. The number of ketones is 1. The maximum absolute atomic E-state index is 12.9. The van der Waals surface area contributed by atoms with Crippen LogP contribution in [-0.2, 0) is 4.79 Å². The minimum Gasteiger partial charge on any atom is -0.871 e. The smallest absolute Gasteiger partial charge is 0.199 e. The second-order valence-corrected chi connectivity index (χ2v) is 9.71. The van der Waals surface area contributed by atoms with Crippen molar-refractivity contribution in [3.63, 3.8) is 0 Å². The summed E-state index contributed by atoms with van der Waals surface area (Å²) in [5.74, 6) is -0.306. The van der Waals surface area contributed by atoms with Crippen molar-refractivity contribution in [2.24, 2.45) is 0 Å². The molecule has 0 aromatic heterocycles. The molecule has 2 aliphatic rings. The fourth-order valence-corrected chi connectivity index (χ4v) is 4.54. The van der Waals surface area contributed by atoms with Gasteiger partial charge in [0.25, 0.3) is 0 Å². The number of carbonyl (C=O) groups excluding carboxylic acids is 1. The first kappa shape index (κ1) is 25.7. The molecule has 4 heteroatoms. The molecular formula is C30H40N2O2. The number of allylic oxidation sites excluding steroid dienone is 7. The van der Waals surface area contributed by atoms with Crippen molar-refractivity contribution in [1.29, 1.82) is 0 Å². The second kappa shape index (κ2) is 11.5. The summed E-state index contributed by atoms with van der Waals surface area (Å²) in [6.07, 6.45) is 14.9. The molecule has 0 fully saturated rings. The van der Waals surface area contributed by atoms with Crippen molar-refractivity contribution >= 4 is 22.8 Å². The Morgan fingerprint density at radius 3 is 2.06 bits per heavy atom. The highest BCUT2D eigenvalue weighted by molar-refractivity contribution is 6.39. The molecule has 1 aromatic rings. The monoisotopic (exact) mass is 460 g/mol. The van der Waals surface area contributed by atoms with Gasteiger partial charge in [0.1, 0.15) is 13.1 Å². The molecule has 0 amide bonds. The van der Waals surface area contributed by atoms with Crippen molar-refractivity contribution in [3.8, 4) is 0 Å². The van der Waals surface area contributed by atoms with Crippen LogP contribution in [-0.4, -0.2) is 42.2 Å². The number of anilines is 1. The van der Waals surface area contributed by atoms with E-state index >= 15 is 0 Å². The number of Topliss-reactive ketones (excluding diaryl/α,β-unsaturated/α-hetero) is 1. The summed E-state index contributed by atoms with van der Waals surface area (Å²) >= 11 is 0. The zero-order valence-corrected chi connectivity index (χ0v) is 21.7. The van der Waals surface area contributed by atoms with Crippen molar-refractivity contribution in [1.82, 2.24) is 0 Å². The highest BCUT2D eigenvalue weighted by Gasteiger charge is 2.30. The standard InChI is InChI=1S/C30H40N2O2/c1-7-9-11-21(3)31(5)25-17-13-23(14-18-25)27-29(33)28(30(27)34)24-15-19-26(20-16-24)32(6)22(4)12-10-8-2/h13-22H,7-12H2,1-6H3. The lowest BCUT2D eigenvalue weighted by Gasteiger charge is -2.33. The predicted molar refractivity (Wildman–Crippen MR) is 141 cm³/mol. The molecule has 2 aliphatic carbocycles. The number of benzene rings is 1. The molecule has 3 rings (SSSR count). The van der Waals surface area contributed by atoms with Gasteiger partial charge in [0.2, 0.25) is 0 Å². The first-order chi connectivity index (χ1) is 16.3. The van der Waals surface area contributed by atoms with Gasteiger partial charge in [-0.25, -0.2) is 4.58 Å². The molecule has 0 aliphatic heterocycles. The van der Waals surface area contributed by atoms with Crippen LogP contribution in [0.15, 0.2) is 65.5 Å². The van der Waals surface area contributed by atoms with Gasteiger partial charge in [-0.3, -0.25) is 4.79 Å². The second-order valence-electron chi connectivity index (χ2n) is 9.71. The minimum absolute atomic E-state index is 0.153. The minimum atomic E-state index is -0.153. The van der Waals surface area contributed by atoms with Crippen molar-refractivity contribution in [2.75, 3.05) is 19.0 Å². The third-order valence-electron chi connectivity index (χ3n) is 7.31. The van der Waals surface area contributed by atoms with E-state index in [1.807, 2.05) is 48.6 Å². The van der Waals surface area contributed by atoms with E-state index in [4.69, 9.17) is 0 Å². The zero-order valence-electron chi connectivity index (χ0n) is 21.7. The van der Waals surface area contributed by atoms with E-state index in [1.165, 1.54) is 25.7 Å². The average Bonchev–Trinajstić information content (AvgIpc) is 2.86. The molecule has 0 spiro atoms. The van der Waals surface area contributed by atoms with Gasteiger partial charge in [-0.15, -0.1) is 0 Å². The number of hydrogen-bond donors (Lipinski definition) is 0. The molecule has 2 unspecified atom stereocenters. The molecule has 4 nitrogen and oxygen atoms in total. The van der Waals surface area contributed by atoms with E-state index in [0.717, 1.165) is 24.2 Å². The van der Waals surface area contributed by atoms with E-state index in [0.29, 0.717) is 34.4 Å². The van der Waals surface area contributed by atoms with Gasteiger partial charge in [0, 0.05) is 48.5 Å². The Hall–Kier alpha value is -2.88. The lowest BCUT2D eigenvalue weighted by Crippen LogP contribution is -2.31. The van der Waals surface area contributed by atoms with Gasteiger partial charge in [-0.05, 0) is 62.1 Å². The first-order valence-corrected chi connectivity index (χ1v) is 12.8. The van der Waals surface area contributed by atoms with Gasteiger partial charge in [0.05, 0.1) is 0 Å². The number of nitrogens with zero attached hydrogens (tertiary/aromatic N) is 2. The zero-order chi connectivity index (χ0) is 24.8. The lowest BCUT2D eigenvalue weighted by atomic mass is 9.80. The third-order valence-corrected chi connectivity index (χ3v) is 7.31. The number of carbonyl (C=O) groups is 1. The van der Waals surface area contributed by atoms with Gasteiger partial charge in [-0.1, -0.05) is 51.0 Å². The highest BCUT2D eigenvalue weighted by atomic mass is 16.3. The summed E-state index contributed by atoms with van der Waals surface area (Å²) in [7, 11) is 4.19. The Balaban J connectivity index is 1.76. The van der Waals surface area contributed by atoms with Crippen molar-refractivity contribution < 1.29 is 14.5 Å². The van der Waals surface area contributed by atoms with E-state index in [2.05, 4.69) is 51.3 Å². The molecule has 0 radical (unpaired) electrons. The Labute approximate surface area is 205 Å². The Morgan fingerprint density at radius 1 is 0.912 bits per heavy atom. The van der Waals surface area contributed by atoms with E-state index in [-0.39, 0.29) is 11.5 Å². The molecular weight excluding hydrogens is 420 g/mol. The van der Waals surface area contributed by atoms with Crippen LogP contribution < -0.4 is 10.0 Å². The van der Waals surface area contributed by atoms with Crippen LogP contribution in [0.4, 0.5) is 5.69 Å². The summed E-state index contributed by atoms with van der Waals surface area (Å²) < 4.78 is 2.26. The normalized spacial score (nSPS) is 17.2. The summed E-state index contributed by atoms with van der Waals surface area (Å²) in [5.41, 5.74) is 4.22. The Morgan fingerprint density at radius 2 is 1.50 bits per heavy atom. The quantitative estimate of drug-likeness (QED) is 0.345. The Kier molecular flexibility index (Phi) is 8.71. The predicted octanol–water partition coefficient (Wildman–Crippen LogP) is 5.44. The fraction of sp³-hybridized carbons (Fsp3) is 0.467. The molecule has 1 aromatic carbocycles. The van der Waals surface area contributed by atoms with Crippen LogP contribution in [0.5, 0.6) is 0 Å². The molecule has 0 saturated carbocycles. The van der Waals surface area contributed by atoms with Crippen molar-refractivity contribution in [2.45, 2.75) is 78.3 Å². The van der Waals surface area contributed by atoms with Crippen LogP contribution in [0.25, 0.3) is 5.57 Å². The largest absolute Gasteiger partial charge is 0.871 e. The lowest BCUT2D eigenvalue weighted by molar-refractivity contribution is -0.533. The van der Waals surface area contributed by atoms with Crippen LogP contribution >= 0.6 is 0 Å². The molecule has 2 atom stereocenters. The van der Waals surface area contributed by atoms with E-state index in [9.17, 15) is 9.90 Å². The maximum atomic E-state index is 12.9. The summed E-state index contributed by atoms with van der Waals surface area (Å²) in [6, 6.07) is 8.71. The van der Waals surface area contributed by atoms with Gasteiger partial charge in [0.15, 0.2) is 11.5 Å². The SMILES string of the molecule is CCCCC(C)N(C)c1ccc(C2=C([O-])C(=C3C=CC(=[N+](C)C(C)CCCC)C=C3)C2=O)cc1. The molecule has 34 heavy (non-hydrogen) atoms.